The Balaban J connectivity index is 2.96. The molecule has 0 radical (unpaired) electrons. The molecule has 1 rings (SSSR count). The quantitative estimate of drug-likeness (QED) is 0.726. The Labute approximate surface area is 82.4 Å². The Morgan fingerprint density at radius 2 is 2.36 bits per heavy atom. The molecule has 0 aliphatic heterocycles. The second-order valence-electron chi connectivity index (χ2n) is 2.78. The van der Waals surface area contributed by atoms with Gasteiger partial charge in [0.1, 0.15) is 5.69 Å². The van der Waals surface area contributed by atoms with Crippen LogP contribution in [0.4, 0.5) is 0 Å². The Bertz CT molecular complexity index is 352. The van der Waals surface area contributed by atoms with E-state index >= 15 is 0 Å². The zero-order chi connectivity index (χ0) is 10.6. The first-order valence-corrected chi connectivity index (χ1v) is 4.22. The number of aliphatic hydroxyl groups excluding tert-OH is 1. The van der Waals surface area contributed by atoms with E-state index in [0.717, 1.165) is 5.69 Å². The molecular weight excluding hydrogens is 182 g/mol. The maximum absolute atomic E-state index is 11.2. The van der Waals surface area contributed by atoms with Crippen LogP contribution in [0, 0.1) is 0 Å². The zero-order valence-corrected chi connectivity index (χ0v) is 8.23. The topological polar surface area (TPSA) is 51.5 Å². The highest BCUT2D eigenvalue weighted by molar-refractivity contribution is 5.88. The molecule has 1 N–H and O–H groups in total. The molecule has 0 bridgehead atoms. The Morgan fingerprint density at radius 3 is 2.93 bits per heavy atom. The summed E-state index contributed by atoms with van der Waals surface area (Å²) in [4.78, 5) is 11.2. The van der Waals surface area contributed by atoms with Gasteiger partial charge in [-0.2, -0.15) is 0 Å². The van der Waals surface area contributed by atoms with Crippen LogP contribution in [0.15, 0.2) is 18.2 Å². The van der Waals surface area contributed by atoms with Gasteiger partial charge in [-0.3, -0.25) is 0 Å². The second kappa shape index (κ2) is 4.62. The van der Waals surface area contributed by atoms with Crippen molar-refractivity contribution in [2.45, 2.75) is 0 Å². The van der Waals surface area contributed by atoms with Gasteiger partial charge >= 0.3 is 5.97 Å². The molecule has 0 unspecified atom stereocenters. The number of hydrogen-bond donors (Lipinski definition) is 1. The van der Waals surface area contributed by atoms with E-state index in [2.05, 4.69) is 4.74 Å². The van der Waals surface area contributed by atoms with E-state index in [4.69, 9.17) is 5.11 Å². The number of ether oxygens (including phenoxy) is 1. The second-order valence-corrected chi connectivity index (χ2v) is 2.78. The highest BCUT2D eigenvalue weighted by atomic mass is 16.5. The highest BCUT2D eigenvalue weighted by Crippen LogP contribution is 2.09. The molecule has 0 aliphatic rings. The lowest BCUT2D eigenvalue weighted by molar-refractivity contribution is 0.0590. The van der Waals surface area contributed by atoms with Crippen molar-refractivity contribution >= 4 is 12.0 Å². The fraction of sp³-hybridized carbons (Fsp3) is 0.300. The standard InChI is InChI=1S/C10H13NO3/c1-11-8(4-3-7-12)5-6-9(11)10(13)14-2/h3-6,12H,7H2,1-2H3/b4-3+. The molecule has 0 saturated heterocycles. The number of rotatable bonds is 3. The summed E-state index contributed by atoms with van der Waals surface area (Å²) in [7, 11) is 3.11. The van der Waals surface area contributed by atoms with Gasteiger partial charge in [-0.15, -0.1) is 0 Å². The third-order valence-electron chi connectivity index (χ3n) is 1.95. The van der Waals surface area contributed by atoms with Gasteiger partial charge in [0.2, 0.25) is 0 Å². The molecule has 4 nitrogen and oxygen atoms in total. The van der Waals surface area contributed by atoms with Crippen LogP contribution in [0.1, 0.15) is 16.2 Å². The Kier molecular flexibility index (Phi) is 3.48. The fourth-order valence-corrected chi connectivity index (χ4v) is 1.18. The van der Waals surface area contributed by atoms with Crippen LogP contribution in [0.5, 0.6) is 0 Å². The average Bonchev–Trinajstić information content (AvgIpc) is 2.56. The molecule has 4 heteroatoms. The summed E-state index contributed by atoms with van der Waals surface area (Å²) in [6.45, 7) is -0.0151. The van der Waals surface area contributed by atoms with Crippen molar-refractivity contribution in [3.05, 3.63) is 29.6 Å². The van der Waals surface area contributed by atoms with Gasteiger partial charge in [0, 0.05) is 12.7 Å². The molecule has 0 aromatic carbocycles. The van der Waals surface area contributed by atoms with Crippen molar-refractivity contribution in [3.63, 3.8) is 0 Å². The third kappa shape index (κ3) is 2.03. The van der Waals surface area contributed by atoms with Crippen LogP contribution in [0.25, 0.3) is 6.08 Å². The molecule has 0 amide bonds. The summed E-state index contributed by atoms with van der Waals surface area (Å²) in [5.74, 6) is -0.365. The molecule has 0 fully saturated rings. The van der Waals surface area contributed by atoms with Gasteiger partial charge in [-0.05, 0) is 18.2 Å². The van der Waals surface area contributed by atoms with E-state index in [1.54, 1.807) is 35.9 Å². The molecule has 1 aromatic heterocycles. The minimum absolute atomic E-state index is 0.0151. The highest BCUT2D eigenvalue weighted by Gasteiger charge is 2.10. The van der Waals surface area contributed by atoms with E-state index in [1.165, 1.54) is 7.11 Å². The number of aliphatic hydroxyl groups is 1. The van der Waals surface area contributed by atoms with Crippen molar-refractivity contribution in [1.82, 2.24) is 4.57 Å². The summed E-state index contributed by atoms with van der Waals surface area (Å²) in [6.07, 6.45) is 3.35. The SMILES string of the molecule is COC(=O)c1ccc(/C=C/CO)n1C. The molecule has 1 aromatic rings. The number of esters is 1. The lowest BCUT2D eigenvalue weighted by Crippen LogP contribution is -2.08. The van der Waals surface area contributed by atoms with Gasteiger partial charge in [0.25, 0.3) is 0 Å². The maximum atomic E-state index is 11.2. The number of hydrogen-bond acceptors (Lipinski definition) is 3. The van der Waals surface area contributed by atoms with Crippen LogP contribution >= 0.6 is 0 Å². The molecule has 0 aliphatic carbocycles. The van der Waals surface area contributed by atoms with Crippen molar-refractivity contribution in [3.8, 4) is 0 Å². The van der Waals surface area contributed by atoms with Crippen LogP contribution in [0.3, 0.4) is 0 Å². The monoisotopic (exact) mass is 195 g/mol. The molecule has 14 heavy (non-hydrogen) atoms. The minimum atomic E-state index is -0.365. The number of carbonyl (C=O) groups is 1. The molecule has 0 atom stereocenters. The van der Waals surface area contributed by atoms with Gasteiger partial charge in [-0.25, -0.2) is 4.79 Å². The van der Waals surface area contributed by atoms with Crippen molar-refractivity contribution < 1.29 is 14.6 Å². The van der Waals surface area contributed by atoms with Gasteiger partial charge in [0.05, 0.1) is 13.7 Å². The third-order valence-corrected chi connectivity index (χ3v) is 1.95. The molecule has 0 saturated carbocycles. The Hall–Kier alpha value is -1.55. The fourth-order valence-electron chi connectivity index (χ4n) is 1.18. The van der Waals surface area contributed by atoms with Crippen molar-refractivity contribution in [1.29, 1.82) is 0 Å². The normalized spacial score (nSPS) is 10.8. The number of nitrogens with zero attached hydrogens (tertiary/aromatic N) is 1. The average molecular weight is 195 g/mol. The van der Waals surface area contributed by atoms with Crippen LogP contribution in [0.2, 0.25) is 0 Å². The number of aromatic nitrogens is 1. The summed E-state index contributed by atoms with van der Waals surface area (Å²) in [5.41, 5.74) is 1.34. The van der Waals surface area contributed by atoms with E-state index in [1.807, 2.05) is 0 Å². The van der Waals surface area contributed by atoms with Crippen molar-refractivity contribution in [2.24, 2.45) is 7.05 Å². The first-order valence-electron chi connectivity index (χ1n) is 4.22. The van der Waals surface area contributed by atoms with Crippen LogP contribution in [-0.4, -0.2) is 29.4 Å². The summed E-state index contributed by atoms with van der Waals surface area (Å²) >= 11 is 0. The zero-order valence-electron chi connectivity index (χ0n) is 8.23. The Morgan fingerprint density at radius 1 is 1.64 bits per heavy atom. The molecular formula is C10H13NO3. The summed E-state index contributed by atoms with van der Waals surface area (Å²) in [5, 5.41) is 8.59. The summed E-state index contributed by atoms with van der Waals surface area (Å²) < 4.78 is 6.31. The molecule has 0 spiro atoms. The van der Waals surface area contributed by atoms with E-state index < -0.39 is 0 Å². The molecule has 1 heterocycles. The lowest BCUT2D eigenvalue weighted by Gasteiger charge is -2.02. The van der Waals surface area contributed by atoms with E-state index in [9.17, 15) is 4.79 Å². The van der Waals surface area contributed by atoms with Gasteiger partial charge in [0.15, 0.2) is 0 Å². The van der Waals surface area contributed by atoms with Crippen LogP contribution < -0.4 is 0 Å². The predicted molar refractivity (Wildman–Crippen MR) is 52.9 cm³/mol. The molecule has 76 valence electrons. The number of carbonyl (C=O) groups excluding carboxylic acids is 1. The first-order chi connectivity index (χ1) is 6.70. The van der Waals surface area contributed by atoms with Crippen LogP contribution in [-0.2, 0) is 11.8 Å². The smallest absolute Gasteiger partial charge is 0.354 e. The van der Waals surface area contributed by atoms with E-state index in [0.29, 0.717) is 5.69 Å². The summed E-state index contributed by atoms with van der Waals surface area (Å²) in [6, 6.07) is 3.47. The largest absolute Gasteiger partial charge is 0.464 e. The maximum Gasteiger partial charge on any atom is 0.354 e. The number of methoxy groups -OCH3 is 1. The predicted octanol–water partition coefficient (Wildman–Crippen LogP) is 0.817. The minimum Gasteiger partial charge on any atom is -0.464 e. The van der Waals surface area contributed by atoms with E-state index in [-0.39, 0.29) is 12.6 Å². The van der Waals surface area contributed by atoms with Crippen molar-refractivity contribution in [2.75, 3.05) is 13.7 Å². The van der Waals surface area contributed by atoms with Gasteiger partial charge < -0.3 is 14.4 Å². The lowest BCUT2D eigenvalue weighted by atomic mass is 10.4. The first kappa shape index (κ1) is 10.5. The van der Waals surface area contributed by atoms with Gasteiger partial charge in [-0.1, -0.05) is 6.08 Å².